The Labute approximate surface area is 574 Å². The van der Waals surface area contributed by atoms with E-state index in [1.54, 1.807) is 0 Å². The van der Waals surface area contributed by atoms with Crippen molar-refractivity contribution >= 4 is 47.6 Å². The fourth-order valence-electron chi connectivity index (χ4n) is 10.3. The van der Waals surface area contributed by atoms with Crippen LogP contribution in [0.5, 0.6) is 0 Å². The largest absolute Gasteiger partial charge is 0.396 e. The van der Waals surface area contributed by atoms with Crippen LogP contribution in [-0.2, 0) is 105 Å². The van der Waals surface area contributed by atoms with Crippen molar-refractivity contribution in [3.05, 3.63) is 0 Å². The van der Waals surface area contributed by atoms with E-state index in [2.05, 4.69) is 37.2 Å². The van der Waals surface area contributed by atoms with E-state index in [4.69, 9.17) is 66.3 Å². The van der Waals surface area contributed by atoms with Gasteiger partial charge in [-0.3, -0.25) is 33.6 Å². The first kappa shape index (κ1) is 88.3. The number of carbonyl (C=O) groups is 8. The van der Waals surface area contributed by atoms with Crippen molar-refractivity contribution in [1.29, 1.82) is 0 Å². The van der Waals surface area contributed by atoms with Crippen LogP contribution in [0.25, 0.3) is 0 Å². The summed E-state index contributed by atoms with van der Waals surface area (Å²) in [6, 6.07) is -5.06. The van der Waals surface area contributed by atoms with Crippen LogP contribution in [0, 0.1) is 5.92 Å². The molecule has 16 N–H and O–H groups in total. The summed E-state index contributed by atoms with van der Waals surface area (Å²) in [7, 11) is 0. The topological polar surface area (TPSA) is 532 Å². The van der Waals surface area contributed by atoms with Gasteiger partial charge < -0.3 is 154 Å². The molecule has 3 aliphatic rings. The van der Waals surface area contributed by atoms with E-state index in [1.807, 2.05) is 0 Å². The van der Waals surface area contributed by atoms with Gasteiger partial charge in [-0.25, -0.2) is 0 Å². The normalized spacial score (nSPS) is 26.0. The summed E-state index contributed by atoms with van der Waals surface area (Å²) in [5.41, 5.74) is 0. The molecule has 38 heteroatoms. The molecule has 2 saturated heterocycles. The molecular formula is C61H109N7O31. The summed E-state index contributed by atoms with van der Waals surface area (Å²) in [5.74, 6) is -4.05. The molecule has 7 amide bonds. The molecule has 38 nitrogen and oxygen atoms in total. The van der Waals surface area contributed by atoms with E-state index in [1.165, 1.54) is 20.8 Å². The lowest BCUT2D eigenvalue weighted by Gasteiger charge is -2.42. The van der Waals surface area contributed by atoms with Gasteiger partial charge in [-0.05, 0) is 44.9 Å². The Morgan fingerprint density at radius 2 is 0.788 bits per heavy atom. The Kier molecular flexibility index (Phi) is 47.2. The Bertz CT molecular complexity index is 2260. The van der Waals surface area contributed by atoms with Gasteiger partial charge in [-0.1, -0.05) is 0 Å². The van der Waals surface area contributed by atoms with Gasteiger partial charge in [0.25, 0.3) is 0 Å². The summed E-state index contributed by atoms with van der Waals surface area (Å²) in [5, 5.41) is 109. The molecule has 0 aromatic carbocycles. The average molecular weight is 1440 g/mol. The second-order valence-electron chi connectivity index (χ2n) is 23.3. The lowest BCUT2D eigenvalue weighted by Crippen LogP contribution is -2.64. The molecule has 0 radical (unpaired) electrons. The SMILES string of the molecule is CC(=O)NC1[C@H](OCCOCCOCCOCC(=O)NCCCCC(NC(=O)COCCOCCOCCO[C@@H]2OC(CO)[C@H](O)[C@H](O)C2NC(C)=O)C(=O)N[C@H](C=O)CCCCNC(=O)COCCOCCOCCO[C@@H]2CC(CO)[C@H](O)[C@H](O)C2NC(C)=O)OC(CO)[C@H](O)[C@@H]1O. The van der Waals surface area contributed by atoms with Crippen LogP contribution in [0.2, 0.25) is 0 Å². The molecule has 0 aromatic heterocycles. The minimum atomic E-state index is -1.46. The van der Waals surface area contributed by atoms with Crippen LogP contribution >= 0.6 is 0 Å². The van der Waals surface area contributed by atoms with Crippen molar-refractivity contribution < 1.29 is 151 Å². The zero-order valence-electron chi connectivity index (χ0n) is 56.7. The van der Waals surface area contributed by atoms with Gasteiger partial charge in [-0.15, -0.1) is 0 Å². The number of aliphatic hydroxyl groups is 9. The molecule has 1 saturated carbocycles. The minimum absolute atomic E-state index is 0.00664. The molecular weight excluding hydrogens is 1330 g/mol. The first-order valence-electron chi connectivity index (χ1n) is 33.3. The highest BCUT2D eigenvalue weighted by molar-refractivity contribution is 5.89. The lowest BCUT2D eigenvalue weighted by atomic mass is 9.79. The molecule has 0 aromatic rings. The maximum atomic E-state index is 13.6. The zero-order chi connectivity index (χ0) is 72.7. The first-order chi connectivity index (χ1) is 47.6. The molecule has 3 rings (SSSR count). The van der Waals surface area contributed by atoms with E-state index in [0.29, 0.717) is 32.0 Å². The lowest BCUT2D eigenvalue weighted by molar-refractivity contribution is -0.272. The number of rotatable bonds is 56. The van der Waals surface area contributed by atoms with Crippen molar-refractivity contribution in [3.8, 4) is 0 Å². The van der Waals surface area contributed by atoms with E-state index >= 15 is 0 Å². The third-order valence-electron chi connectivity index (χ3n) is 15.4. The number of aliphatic hydroxyl groups excluding tert-OH is 9. The van der Waals surface area contributed by atoms with Crippen molar-refractivity contribution in [2.75, 3.05) is 172 Å². The Morgan fingerprint density at radius 1 is 0.424 bits per heavy atom. The summed E-state index contributed by atoms with van der Waals surface area (Å²) in [6.07, 6.45) is -10.8. The summed E-state index contributed by atoms with van der Waals surface area (Å²) >= 11 is 0. The molecule has 574 valence electrons. The maximum Gasteiger partial charge on any atom is 0.246 e. The highest BCUT2D eigenvalue weighted by Gasteiger charge is 2.47. The number of hydrogen-bond donors (Lipinski definition) is 16. The van der Waals surface area contributed by atoms with E-state index in [9.17, 15) is 84.3 Å². The second kappa shape index (κ2) is 52.9. The Hall–Kier alpha value is -4.96. The summed E-state index contributed by atoms with van der Waals surface area (Å²) in [6.45, 7) is 3.78. The highest BCUT2D eigenvalue weighted by atomic mass is 16.7. The van der Waals surface area contributed by atoms with Crippen LogP contribution in [0.15, 0.2) is 0 Å². The number of aldehydes is 1. The van der Waals surface area contributed by atoms with Gasteiger partial charge in [-0.2, -0.15) is 0 Å². The van der Waals surface area contributed by atoms with E-state index < -0.39 is 159 Å². The number of ether oxygens (including phenoxy) is 14. The number of carbonyl (C=O) groups excluding carboxylic acids is 8. The smallest absolute Gasteiger partial charge is 0.246 e. The monoisotopic (exact) mass is 1440 g/mol. The maximum absolute atomic E-state index is 13.6. The average Bonchev–Trinajstić information content (AvgIpc) is 0.826. The Balaban J connectivity index is 1.32. The van der Waals surface area contributed by atoms with Gasteiger partial charge in [0.15, 0.2) is 12.6 Å². The number of nitrogens with one attached hydrogen (secondary N) is 7. The third-order valence-corrected chi connectivity index (χ3v) is 15.4. The first-order valence-corrected chi connectivity index (χ1v) is 33.3. The predicted octanol–water partition coefficient (Wildman–Crippen LogP) is -8.58. The fraction of sp³-hybridized carbons (Fsp3) is 0.869. The number of amides is 7. The third kappa shape index (κ3) is 36.7. The van der Waals surface area contributed by atoms with Gasteiger partial charge in [0.2, 0.25) is 41.4 Å². The minimum Gasteiger partial charge on any atom is -0.396 e. The van der Waals surface area contributed by atoms with Gasteiger partial charge in [0, 0.05) is 46.4 Å². The Morgan fingerprint density at radius 3 is 1.18 bits per heavy atom. The fourth-order valence-corrected chi connectivity index (χ4v) is 10.3. The van der Waals surface area contributed by atoms with Gasteiger partial charge in [0.1, 0.15) is 87.0 Å². The van der Waals surface area contributed by atoms with Crippen LogP contribution in [0.1, 0.15) is 65.7 Å². The van der Waals surface area contributed by atoms with Gasteiger partial charge in [0.05, 0.1) is 156 Å². The van der Waals surface area contributed by atoms with E-state index in [-0.39, 0.29) is 177 Å². The predicted molar refractivity (Wildman–Crippen MR) is 338 cm³/mol. The zero-order valence-corrected chi connectivity index (χ0v) is 56.7. The van der Waals surface area contributed by atoms with Gasteiger partial charge >= 0.3 is 0 Å². The molecule has 2 aliphatic heterocycles. The number of unbranched alkanes of at least 4 members (excludes halogenated alkanes) is 2. The molecule has 2 heterocycles. The highest BCUT2D eigenvalue weighted by Crippen LogP contribution is 2.28. The van der Waals surface area contributed by atoms with Crippen molar-refractivity contribution in [1.82, 2.24) is 37.2 Å². The van der Waals surface area contributed by atoms with Crippen molar-refractivity contribution in [2.45, 2.75) is 163 Å². The van der Waals surface area contributed by atoms with Crippen molar-refractivity contribution in [3.63, 3.8) is 0 Å². The van der Waals surface area contributed by atoms with Crippen molar-refractivity contribution in [2.24, 2.45) is 5.92 Å². The summed E-state index contributed by atoms with van der Waals surface area (Å²) in [4.78, 5) is 98.6. The molecule has 17 atom stereocenters. The molecule has 7 unspecified atom stereocenters. The molecule has 0 spiro atoms. The van der Waals surface area contributed by atoms with Crippen LogP contribution in [-0.4, -0.2) is 363 Å². The second-order valence-corrected chi connectivity index (χ2v) is 23.3. The van der Waals surface area contributed by atoms with Crippen LogP contribution in [0.4, 0.5) is 0 Å². The molecule has 99 heavy (non-hydrogen) atoms. The number of hydrogen-bond acceptors (Lipinski definition) is 31. The quantitative estimate of drug-likeness (QED) is 0.0199. The van der Waals surface area contributed by atoms with E-state index in [0.717, 1.165) is 0 Å². The molecule has 0 bridgehead atoms. The molecule has 1 aliphatic carbocycles. The van der Waals surface area contributed by atoms with Crippen LogP contribution < -0.4 is 37.2 Å². The van der Waals surface area contributed by atoms with Crippen LogP contribution in [0.3, 0.4) is 0 Å². The summed E-state index contributed by atoms with van der Waals surface area (Å²) < 4.78 is 77.2. The standard InChI is InChI=1S/C61H109N7O31/c1-38(73)64-50-44(30-41(31-69)53(79)56(50)82)95-27-24-89-15-12-86-18-21-92-35-47(76)62-10-6-4-8-42(32-70)67-59(85)43(68-49(78)37-94-23-20-88-14-17-91-26-29-97-61-52(66-40(3)75)58(84)55(81)46(34-72)99-61)9-5-7-11-63-48(77)36-93-22-19-87-13-16-90-25-28-96-60-51(65-39(2)74)57(83)54(80)45(33-71)98-60/h32,41-46,50-58,60-61,69,71-72,79-84H,4-31,33-37H2,1-3H3,(H,62,76)(H,63,77)(H,64,73)(H,65,74)(H,66,75)(H,67,85)(H,68,78)/t41?,42-,43?,44+,45?,46?,50?,51?,52?,53-,54-,55-,56+,57+,58+,60+,61+/m0/s1. The molecule has 3 fully saturated rings.